The van der Waals surface area contributed by atoms with E-state index in [1.54, 1.807) is 14.1 Å². The first-order valence-electron chi connectivity index (χ1n) is 42.8. The van der Waals surface area contributed by atoms with Gasteiger partial charge in [-0.15, -0.1) is 0 Å². The molecule has 694 valence electrons. The third-order valence-corrected chi connectivity index (χ3v) is 25.6. The lowest BCUT2D eigenvalue weighted by molar-refractivity contribution is -0.333. The van der Waals surface area contributed by atoms with E-state index in [9.17, 15) is 60.3 Å². The molecule has 17 rings (SSSR count). The summed E-state index contributed by atoms with van der Waals surface area (Å²) in [4.78, 5) is 140. The van der Waals surface area contributed by atoms with Gasteiger partial charge < -0.3 is 143 Å². The van der Waals surface area contributed by atoms with Gasteiger partial charge in [-0.05, 0) is 204 Å². The maximum Gasteiger partial charge on any atom is 0.257 e. The van der Waals surface area contributed by atoms with Gasteiger partial charge in [0.2, 0.25) is 59.3 Å². The molecule has 4 saturated carbocycles. The predicted molar refractivity (Wildman–Crippen MR) is 459 cm³/mol. The second-order valence-electron chi connectivity index (χ2n) is 34.8. The van der Waals surface area contributed by atoms with Gasteiger partial charge in [-0.3, -0.25) is 48.5 Å². The van der Waals surface area contributed by atoms with E-state index in [0.717, 1.165) is 86.7 Å². The Bertz CT molecular complexity index is 5220. The average Bonchev–Trinajstić information content (AvgIpc) is 0.756. The molecule has 0 spiro atoms. The number of hydrogen-bond acceptors (Lipinski definition) is 30. The van der Waals surface area contributed by atoms with Gasteiger partial charge in [-0.1, -0.05) is 55.2 Å². The number of phenolic OH excluding ortho intramolecular Hbond substituents is 3. The maximum absolute atomic E-state index is 16.7. The standard InChI is InChI=1S/C89H108Cl2N12O26/c1-37(2)20-53(95-7)81(115)102-71-73(109)42-9-13-57(51(90)27-42)125-61-30-47-31-62(77(61)129-88-78(76(112)75(111)63(36-104)127-88)128-65-35-89(4,92)79(113)38(3)124-65)126-58-14-10-43(28-52(58)91)74(110)72-87(121)101-70(85(119)98-67-45-22-39-21-40(24-45)25-46(67)23-39)50-32-48(105)33-56(107)66(50)49-26-41(8-12-55(49)106)68(83(117)103-72)100-84(118)69(47)99-82(116)54(96-86(71)120)34-64(108)97-80(114)44-11-15-59(122-18-16-93-5)60(29-44)123-19-17-94-6/h8-15,26-33,37-40,45-46,53-54,63,65,67-76,78-79,88,93-95,104-107,109-113H,16-25,34-36,92H2,1-7H3,(H,96,120)(H,98,119)(H,99,116)(H,100,118)(H,101,121)(H,102,115)(H,103,117)(H,97,108,114)/t38-,39?,40?,45?,46?,53+,54-,63+,65-,67?,68+,69+,70-,71+,72-,73+,74+,75+,76-,78+,79+,88-,89-/m0/s1. The highest BCUT2D eigenvalue weighted by molar-refractivity contribution is 6.32. The van der Waals surface area contributed by atoms with E-state index in [2.05, 4.69) is 58.5 Å². The van der Waals surface area contributed by atoms with Crippen molar-refractivity contribution < 1.29 is 127 Å². The first kappa shape index (κ1) is 94.3. The number of aliphatic hydroxyl groups is 6. The van der Waals surface area contributed by atoms with Gasteiger partial charge >= 0.3 is 0 Å². The molecule has 0 unspecified atom stereocenters. The van der Waals surface area contributed by atoms with Crippen LogP contribution in [0.4, 0.5) is 0 Å². The molecule has 9 amide bonds. The highest BCUT2D eigenvalue weighted by atomic mass is 35.5. The largest absolute Gasteiger partial charge is 0.508 e. The number of likely N-dealkylation sites (N-methyl/N-ethyl adjacent to an activating group) is 3. The number of benzene rings is 6. The molecule has 2 saturated heterocycles. The Labute approximate surface area is 751 Å². The highest BCUT2D eigenvalue weighted by Gasteiger charge is 2.53. The molecule has 38 nitrogen and oxygen atoms in total. The van der Waals surface area contributed by atoms with Crippen molar-refractivity contribution in [1.82, 2.24) is 58.5 Å². The van der Waals surface area contributed by atoms with Gasteiger partial charge in [0.25, 0.3) is 5.91 Å². The van der Waals surface area contributed by atoms with Gasteiger partial charge in [-0.2, -0.15) is 0 Å². The van der Waals surface area contributed by atoms with Crippen LogP contribution in [0.1, 0.15) is 148 Å². The lowest BCUT2D eigenvalue weighted by Gasteiger charge is -2.54. The van der Waals surface area contributed by atoms with E-state index in [0.29, 0.717) is 24.9 Å². The summed E-state index contributed by atoms with van der Waals surface area (Å²) in [6.45, 7) is 6.67. The Hall–Kier alpha value is -10.8. The molecule has 6 aromatic carbocycles. The molecule has 4 aliphatic carbocycles. The summed E-state index contributed by atoms with van der Waals surface area (Å²) in [5.74, 6) is -14.7. The lowest BCUT2D eigenvalue weighted by Crippen LogP contribution is -2.64. The first-order valence-corrected chi connectivity index (χ1v) is 43.5. The number of hydrogen-bond donors (Lipinski definition) is 21. The minimum Gasteiger partial charge on any atom is -0.508 e. The molecular formula is C89H108Cl2N12O26. The van der Waals surface area contributed by atoms with Gasteiger partial charge in [-0.25, -0.2) is 0 Å². The van der Waals surface area contributed by atoms with Gasteiger partial charge in [0.05, 0.1) is 41.3 Å². The fourth-order valence-corrected chi connectivity index (χ4v) is 19.0. The maximum atomic E-state index is 16.7. The number of amides is 9. The SMILES string of the molecule is CNCCOc1ccc(C(=O)NC(=O)C[C@@H]2NC(=O)[C@H](NC(=O)[C@@H](CC(C)C)NC)[C@H](O)c3ccc(c(Cl)c3)Oc3cc4cc(c3O[C@@H]3O[C@H](CO)[C@@H](O)[C@H](O)[C@H]3O[C@H]3C[C@](C)(N)[C@H](O)[C@H](C)O3)Oc3ccc(cc3Cl)[C@@H](O)[C@@H]3NC(=O)[C@H](NC(=O)[C@@H]4NC2=O)c2ccc(O)c(c2)-c2c(O)cc(O)cc2[C@@H](C(=O)NC2C4CC5CC(C4)CC2C5)NC3=O)cc1OCCNC. The van der Waals surface area contributed by atoms with Crippen molar-refractivity contribution in [1.29, 1.82) is 0 Å². The summed E-state index contributed by atoms with van der Waals surface area (Å²) < 4.78 is 51.1. The number of fused-ring (bicyclic) bond motifs is 15. The molecule has 18 atom stereocenters. The highest BCUT2D eigenvalue weighted by Crippen LogP contribution is 2.55. The normalized spacial score (nSPS) is 29.7. The van der Waals surface area contributed by atoms with Crippen molar-refractivity contribution in [2.45, 2.75) is 194 Å². The molecule has 6 aromatic rings. The molecule has 0 radical (unpaired) electrons. The number of nitrogens with one attached hydrogen (secondary N) is 11. The van der Waals surface area contributed by atoms with Crippen LogP contribution in [0.5, 0.6) is 57.5 Å². The number of aromatic hydroxyl groups is 3. The van der Waals surface area contributed by atoms with E-state index in [1.165, 1.54) is 63.4 Å². The van der Waals surface area contributed by atoms with Gasteiger partial charge in [0.15, 0.2) is 35.4 Å². The van der Waals surface area contributed by atoms with E-state index < -0.39 is 232 Å². The van der Waals surface area contributed by atoms with Gasteiger partial charge in [0, 0.05) is 53.8 Å². The summed E-state index contributed by atoms with van der Waals surface area (Å²) in [6.07, 6.45) is -14.7. The number of imide groups is 1. The summed E-state index contributed by atoms with van der Waals surface area (Å²) in [7, 11) is 4.87. The number of nitrogens with two attached hydrogens (primary N) is 1. The van der Waals surface area contributed by atoms with Crippen molar-refractivity contribution in [3.8, 4) is 68.6 Å². The summed E-state index contributed by atoms with van der Waals surface area (Å²) in [5, 5.41) is 136. The van der Waals surface area contributed by atoms with E-state index in [-0.39, 0.29) is 105 Å². The molecule has 7 heterocycles. The Morgan fingerprint density at radius 3 is 1.86 bits per heavy atom. The topological polar surface area (TPSA) is 568 Å². The zero-order valence-electron chi connectivity index (χ0n) is 71.5. The fourth-order valence-electron chi connectivity index (χ4n) is 18.6. The van der Waals surface area contributed by atoms with Crippen LogP contribution in [0, 0.1) is 29.6 Å². The molecule has 15 bridgehead atoms. The van der Waals surface area contributed by atoms with Crippen molar-refractivity contribution in [2.75, 3.05) is 54.1 Å². The number of carbonyl (C=O) groups is 9. The van der Waals surface area contributed by atoms with Crippen LogP contribution in [0.15, 0.2) is 97.1 Å². The number of phenols is 3. The van der Waals surface area contributed by atoms with Crippen LogP contribution in [-0.2, 0) is 52.6 Å². The van der Waals surface area contributed by atoms with Crippen molar-refractivity contribution in [2.24, 2.45) is 35.3 Å². The van der Waals surface area contributed by atoms with E-state index >= 15 is 28.8 Å². The van der Waals surface area contributed by atoms with E-state index in [1.807, 2.05) is 13.8 Å². The smallest absolute Gasteiger partial charge is 0.257 e. The third kappa shape index (κ3) is 20.7. The first-order chi connectivity index (χ1) is 61.5. The Kier molecular flexibility index (Phi) is 29.2. The van der Waals surface area contributed by atoms with Crippen molar-refractivity contribution >= 4 is 76.4 Å². The Morgan fingerprint density at radius 2 is 1.25 bits per heavy atom. The minimum atomic E-state index is -2.44. The number of carbonyl (C=O) groups excluding carboxylic acids is 9. The molecular weight excluding hydrogens is 1720 g/mol. The minimum absolute atomic E-state index is 0.0483. The number of halogens is 2. The van der Waals surface area contributed by atoms with Crippen LogP contribution in [0.2, 0.25) is 10.0 Å². The molecule has 0 aromatic heterocycles. The molecule has 129 heavy (non-hydrogen) atoms. The van der Waals surface area contributed by atoms with Crippen LogP contribution >= 0.6 is 23.2 Å². The van der Waals surface area contributed by atoms with Crippen molar-refractivity contribution in [3.05, 3.63) is 140 Å². The summed E-state index contributed by atoms with van der Waals surface area (Å²) in [5.41, 5.74) is 2.68. The van der Waals surface area contributed by atoms with Crippen molar-refractivity contribution in [3.63, 3.8) is 0 Å². The Morgan fingerprint density at radius 1 is 0.636 bits per heavy atom. The average molecular weight is 1830 g/mol. The number of rotatable bonds is 23. The second kappa shape index (κ2) is 39.9. The zero-order chi connectivity index (χ0) is 92.5. The lowest BCUT2D eigenvalue weighted by atomic mass is 9.54. The van der Waals surface area contributed by atoms with Gasteiger partial charge in [0.1, 0.15) is 109 Å². The molecule has 40 heteroatoms. The number of ether oxygens (including phenoxy) is 8. The third-order valence-electron chi connectivity index (χ3n) is 25.0. The zero-order valence-corrected chi connectivity index (χ0v) is 73.0. The molecule has 11 aliphatic rings. The molecule has 22 N–H and O–H groups in total. The predicted octanol–water partition coefficient (Wildman–Crippen LogP) is 2.63. The quantitative estimate of drug-likeness (QED) is 0.0410. The van der Waals surface area contributed by atoms with E-state index in [4.69, 9.17) is 66.8 Å². The van der Waals surface area contributed by atoms with Crippen LogP contribution < -0.4 is 87.9 Å². The van der Waals surface area contributed by atoms with Crippen LogP contribution in [-0.4, -0.2) is 238 Å². The summed E-state index contributed by atoms with van der Waals surface area (Å²) >= 11 is 14.5. The fraction of sp³-hybridized carbons (Fsp3) is 0.494. The molecule has 6 fully saturated rings. The van der Waals surface area contributed by atoms with Crippen LogP contribution in [0.25, 0.3) is 11.1 Å². The second-order valence-corrected chi connectivity index (χ2v) is 35.6. The van der Waals surface area contributed by atoms with Crippen LogP contribution in [0.3, 0.4) is 0 Å². The molecule has 7 aliphatic heterocycles. The monoisotopic (exact) mass is 1830 g/mol. The summed E-state index contributed by atoms with van der Waals surface area (Å²) in [6, 6.07) is 3.68. The number of aliphatic hydroxyl groups excluding tert-OH is 6. The Balaban J connectivity index is 0.962.